The second kappa shape index (κ2) is 5.50. The van der Waals surface area contributed by atoms with Crippen LogP contribution in [0.25, 0.3) is 10.9 Å². The Kier molecular flexibility index (Phi) is 3.56. The molecule has 0 amide bonds. The molecule has 0 aliphatic carbocycles. The Morgan fingerprint density at radius 2 is 2.00 bits per heavy atom. The molecule has 104 valence electrons. The van der Waals surface area contributed by atoms with Gasteiger partial charge in [0.1, 0.15) is 11.8 Å². The summed E-state index contributed by atoms with van der Waals surface area (Å²) in [5.41, 5.74) is 0.501. The molecule has 2 heterocycles. The predicted molar refractivity (Wildman–Crippen MR) is 74.2 cm³/mol. The average molecular weight is 272 g/mol. The van der Waals surface area contributed by atoms with Gasteiger partial charge in [-0.1, -0.05) is 17.3 Å². The first-order chi connectivity index (χ1) is 9.78. The summed E-state index contributed by atoms with van der Waals surface area (Å²) in [5.74, 6) is 0.158. The lowest BCUT2D eigenvalue weighted by Gasteiger charge is -2.29. The first kappa shape index (κ1) is 12.9. The molecule has 1 aromatic heterocycles. The minimum atomic E-state index is -0.117. The van der Waals surface area contributed by atoms with Crippen molar-refractivity contribution in [1.29, 1.82) is 0 Å². The molecule has 0 bridgehead atoms. The van der Waals surface area contributed by atoms with Crippen LogP contribution in [0, 0.1) is 5.92 Å². The van der Waals surface area contributed by atoms with Gasteiger partial charge in [-0.25, -0.2) is 0 Å². The molecule has 1 fully saturated rings. The largest absolute Gasteiger partial charge is 0.303 e. The fraction of sp³-hybridized carbons (Fsp3) is 0.429. The molecule has 20 heavy (non-hydrogen) atoms. The lowest BCUT2D eigenvalue weighted by atomic mass is 9.99. The highest BCUT2D eigenvalue weighted by atomic mass is 16.1. The molecule has 3 rings (SSSR count). The molecule has 1 aromatic carbocycles. The first-order valence-electron chi connectivity index (χ1n) is 6.78. The Morgan fingerprint density at radius 1 is 1.25 bits per heavy atom. The van der Waals surface area contributed by atoms with Crippen molar-refractivity contribution in [2.45, 2.75) is 19.5 Å². The number of aldehydes is 1. The number of piperidine rings is 1. The van der Waals surface area contributed by atoms with Gasteiger partial charge in [-0.2, -0.15) is 4.68 Å². The number of hydrogen-bond acceptors (Lipinski definition) is 5. The molecule has 1 aliphatic heterocycles. The maximum Gasteiger partial charge on any atom is 0.278 e. The lowest BCUT2D eigenvalue weighted by molar-refractivity contribution is -0.112. The SMILES string of the molecule is O=CC1CCN(Cn2nnc3ccccc3c2=O)CC1. The highest BCUT2D eigenvalue weighted by Gasteiger charge is 2.19. The van der Waals surface area contributed by atoms with Gasteiger partial charge in [0.2, 0.25) is 0 Å². The molecule has 6 heteroatoms. The van der Waals surface area contributed by atoms with Gasteiger partial charge < -0.3 is 4.79 Å². The van der Waals surface area contributed by atoms with E-state index in [1.54, 1.807) is 12.1 Å². The number of benzene rings is 1. The number of hydrogen-bond donors (Lipinski definition) is 0. The number of rotatable bonds is 3. The Bertz CT molecular complexity index is 674. The van der Waals surface area contributed by atoms with Crippen molar-refractivity contribution in [3.8, 4) is 0 Å². The molecular weight excluding hydrogens is 256 g/mol. The number of likely N-dealkylation sites (tertiary alicyclic amines) is 1. The normalized spacial score (nSPS) is 17.4. The van der Waals surface area contributed by atoms with E-state index in [2.05, 4.69) is 15.2 Å². The Labute approximate surface area is 116 Å². The molecular formula is C14H16N4O2. The number of nitrogens with zero attached hydrogens (tertiary/aromatic N) is 4. The summed E-state index contributed by atoms with van der Waals surface area (Å²) < 4.78 is 1.39. The highest BCUT2D eigenvalue weighted by molar-refractivity contribution is 5.76. The second-order valence-corrected chi connectivity index (χ2v) is 5.14. The van der Waals surface area contributed by atoms with Crippen LogP contribution in [-0.2, 0) is 11.5 Å². The molecule has 2 aromatic rings. The van der Waals surface area contributed by atoms with Crippen molar-refractivity contribution in [3.05, 3.63) is 34.6 Å². The quantitative estimate of drug-likeness (QED) is 0.768. The van der Waals surface area contributed by atoms with Crippen LogP contribution in [0.5, 0.6) is 0 Å². The van der Waals surface area contributed by atoms with Crippen LogP contribution < -0.4 is 5.56 Å². The van der Waals surface area contributed by atoms with Gasteiger partial charge in [0, 0.05) is 19.0 Å². The molecule has 1 saturated heterocycles. The monoisotopic (exact) mass is 272 g/mol. The van der Waals surface area contributed by atoms with E-state index in [1.165, 1.54) is 4.68 Å². The van der Waals surface area contributed by atoms with Crippen LogP contribution in [0.3, 0.4) is 0 Å². The van der Waals surface area contributed by atoms with Crippen molar-refractivity contribution in [2.75, 3.05) is 13.1 Å². The zero-order valence-corrected chi connectivity index (χ0v) is 11.1. The maximum atomic E-state index is 12.3. The van der Waals surface area contributed by atoms with Crippen molar-refractivity contribution in [2.24, 2.45) is 5.92 Å². The number of fused-ring (bicyclic) bond motifs is 1. The highest BCUT2D eigenvalue weighted by Crippen LogP contribution is 2.15. The Hall–Kier alpha value is -2.08. The van der Waals surface area contributed by atoms with Crippen molar-refractivity contribution < 1.29 is 4.79 Å². The average Bonchev–Trinajstić information content (AvgIpc) is 2.51. The minimum Gasteiger partial charge on any atom is -0.303 e. The van der Waals surface area contributed by atoms with Gasteiger partial charge in [-0.15, -0.1) is 5.10 Å². The third-order valence-electron chi connectivity index (χ3n) is 3.79. The topological polar surface area (TPSA) is 68.1 Å². The fourth-order valence-electron chi connectivity index (χ4n) is 2.54. The number of carbonyl (C=O) groups excluding carboxylic acids is 1. The van der Waals surface area contributed by atoms with E-state index in [0.717, 1.165) is 32.2 Å². The summed E-state index contributed by atoms with van der Waals surface area (Å²) in [4.78, 5) is 25.2. The van der Waals surface area contributed by atoms with E-state index in [0.29, 0.717) is 17.6 Å². The smallest absolute Gasteiger partial charge is 0.278 e. The molecule has 6 nitrogen and oxygen atoms in total. The van der Waals surface area contributed by atoms with E-state index < -0.39 is 0 Å². The van der Waals surface area contributed by atoms with Crippen LogP contribution in [-0.4, -0.2) is 39.3 Å². The fourth-order valence-corrected chi connectivity index (χ4v) is 2.54. The van der Waals surface area contributed by atoms with Crippen molar-refractivity contribution >= 4 is 17.2 Å². The van der Waals surface area contributed by atoms with Crippen LogP contribution in [0.4, 0.5) is 0 Å². The van der Waals surface area contributed by atoms with Gasteiger partial charge in [-0.3, -0.25) is 9.69 Å². The van der Waals surface area contributed by atoms with E-state index in [9.17, 15) is 9.59 Å². The Morgan fingerprint density at radius 3 is 2.75 bits per heavy atom. The van der Waals surface area contributed by atoms with Crippen LogP contribution >= 0.6 is 0 Å². The summed E-state index contributed by atoms with van der Waals surface area (Å²) in [7, 11) is 0. The van der Waals surface area contributed by atoms with Crippen LogP contribution in [0.1, 0.15) is 12.8 Å². The standard InChI is InChI=1S/C14H16N4O2/c19-9-11-5-7-17(8-6-11)10-18-14(20)12-3-1-2-4-13(12)15-16-18/h1-4,9,11H,5-8,10H2. The zero-order chi connectivity index (χ0) is 13.9. The van der Waals surface area contributed by atoms with Gasteiger partial charge in [0.25, 0.3) is 5.56 Å². The van der Waals surface area contributed by atoms with Gasteiger partial charge in [-0.05, 0) is 25.0 Å². The second-order valence-electron chi connectivity index (χ2n) is 5.14. The molecule has 0 spiro atoms. The summed E-state index contributed by atoms with van der Waals surface area (Å²) in [5, 5.41) is 8.64. The van der Waals surface area contributed by atoms with Crippen LogP contribution in [0.15, 0.2) is 29.1 Å². The molecule has 0 unspecified atom stereocenters. The number of aromatic nitrogens is 3. The minimum absolute atomic E-state index is 0.117. The maximum absolute atomic E-state index is 12.3. The molecule has 0 N–H and O–H groups in total. The van der Waals surface area contributed by atoms with E-state index in [4.69, 9.17) is 0 Å². The third kappa shape index (κ3) is 2.46. The summed E-state index contributed by atoms with van der Waals surface area (Å²) >= 11 is 0. The molecule has 1 aliphatic rings. The lowest BCUT2D eigenvalue weighted by Crippen LogP contribution is -2.39. The number of carbonyl (C=O) groups is 1. The zero-order valence-electron chi connectivity index (χ0n) is 11.1. The molecule has 0 radical (unpaired) electrons. The van der Waals surface area contributed by atoms with E-state index in [1.807, 2.05) is 12.1 Å². The van der Waals surface area contributed by atoms with Crippen LogP contribution in [0.2, 0.25) is 0 Å². The summed E-state index contributed by atoms with van der Waals surface area (Å²) in [6.45, 7) is 2.05. The molecule has 0 atom stereocenters. The first-order valence-corrected chi connectivity index (χ1v) is 6.78. The van der Waals surface area contributed by atoms with E-state index in [-0.39, 0.29) is 11.5 Å². The van der Waals surface area contributed by atoms with Crippen molar-refractivity contribution in [3.63, 3.8) is 0 Å². The Balaban J connectivity index is 1.80. The van der Waals surface area contributed by atoms with Gasteiger partial charge in [0.05, 0.1) is 12.1 Å². The van der Waals surface area contributed by atoms with Crippen molar-refractivity contribution in [1.82, 2.24) is 19.9 Å². The summed E-state index contributed by atoms with van der Waals surface area (Å²) in [6, 6.07) is 7.21. The third-order valence-corrected chi connectivity index (χ3v) is 3.79. The molecule has 0 saturated carbocycles. The summed E-state index contributed by atoms with van der Waals surface area (Å²) in [6.07, 6.45) is 2.72. The predicted octanol–water partition coefficient (Wildman–Crippen LogP) is 0.660. The van der Waals surface area contributed by atoms with E-state index >= 15 is 0 Å². The van der Waals surface area contributed by atoms with Gasteiger partial charge >= 0.3 is 0 Å². The van der Waals surface area contributed by atoms with Gasteiger partial charge in [0.15, 0.2) is 0 Å².